The van der Waals surface area contributed by atoms with Gasteiger partial charge in [0, 0.05) is 11.8 Å². The van der Waals surface area contributed by atoms with Crippen LogP contribution in [0, 0.1) is 6.92 Å². The van der Waals surface area contributed by atoms with Crippen LogP contribution in [0.1, 0.15) is 41.4 Å². The molecule has 2 aromatic carbocycles. The first-order valence-corrected chi connectivity index (χ1v) is 11.8. The van der Waals surface area contributed by atoms with Gasteiger partial charge in [0.15, 0.2) is 5.13 Å². The summed E-state index contributed by atoms with van der Waals surface area (Å²) in [6, 6.07) is 16.8. The lowest BCUT2D eigenvalue weighted by Crippen LogP contribution is -2.30. The molecule has 2 heterocycles. The molecule has 164 valence electrons. The molecule has 0 aliphatic rings. The molecule has 4 rings (SSSR count). The number of hydrogen-bond donors (Lipinski definition) is 0. The zero-order valence-electron chi connectivity index (χ0n) is 18.0. The number of aryl methyl sites for hydroxylation is 1. The van der Waals surface area contributed by atoms with Crippen molar-refractivity contribution in [2.24, 2.45) is 0 Å². The van der Waals surface area contributed by atoms with E-state index in [0.29, 0.717) is 34.6 Å². The van der Waals surface area contributed by atoms with Gasteiger partial charge in [-0.05, 0) is 55.3 Å². The van der Waals surface area contributed by atoms with E-state index in [9.17, 15) is 4.79 Å². The van der Waals surface area contributed by atoms with E-state index in [4.69, 9.17) is 21.3 Å². The summed E-state index contributed by atoms with van der Waals surface area (Å²) in [5, 5.41) is 1.22. The lowest BCUT2D eigenvalue weighted by molar-refractivity contribution is 0.0984. The number of amides is 1. The van der Waals surface area contributed by atoms with Crippen molar-refractivity contribution in [3.05, 3.63) is 82.6 Å². The third kappa shape index (κ3) is 4.92. The average molecular weight is 466 g/mol. The summed E-state index contributed by atoms with van der Waals surface area (Å²) < 4.78 is 6.68. The van der Waals surface area contributed by atoms with Gasteiger partial charge in [0.1, 0.15) is 5.75 Å². The molecule has 0 radical (unpaired) electrons. The highest BCUT2D eigenvalue weighted by atomic mass is 35.5. The first kappa shape index (κ1) is 22.2. The smallest absolute Gasteiger partial charge is 0.260 e. The molecule has 0 aliphatic carbocycles. The van der Waals surface area contributed by atoms with Crippen molar-refractivity contribution in [2.45, 2.75) is 33.2 Å². The Balaban J connectivity index is 1.72. The minimum Gasteiger partial charge on any atom is -0.494 e. The highest BCUT2D eigenvalue weighted by molar-refractivity contribution is 7.23. The van der Waals surface area contributed by atoms with Crippen molar-refractivity contribution in [1.29, 1.82) is 0 Å². The molecule has 0 saturated carbocycles. The number of fused-ring (bicyclic) bond motifs is 1. The van der Waals surface area contributed by atoms with Gasteiger partial charge in [-0.25, -0.2) is 4.98 Å². The molecule has 0 aliphatic heterocycles. The third-order valence-electron chi connectivity index (χ3n) is 5.06. The summed E-state index contributed by atoms with van der Waals surface area (Å²) in [4.78, 5) is 24.5. The third-order valence-corrected chi connectivity index (χ3v) is 6.59. The molecule has 0 atom stereocenters. The summed E-state index contributed by atoms with van der Waals surface area (Å²) in [7, 11) is 0. The van der Waals surface area contributed by atoms with Gasteiger partial charge < -0.3 is 4.74 Å². The van der Waals surface area contributed by atoms with Crippen LogP contribution in [0.2, 0.25) is 5.02 Å². The number of carbonyl (C=O) groups excluding carboxylic acids is 1. The Kier molecular flexibility index (Phi) is 7.02. The number of benzene rings is 2. The molecule has 5 nitrogen and oxygen atoms in total. The molecule has 7 heteroatoms. The summed E-state index contributed by atoms with van der Waals surface area (Å²) in [6.45, 7) is 5.04. The van der Waals surface area contributed by atoms with E-state index in [0.717, 1.165) is 34.3 Å². The number of aromatic nitrogens is 2. The fourth-order valence-electron chi connectivity index (χ4n) is 3.30. The van der Waals surface area contributed by atoms with Crippen LogP contribution >= 0.6 is 22.9 Å². The largest absolute Gasteiger partial charge is 0.494 e. The normalized spacial score (nSPS) is 11.0. The second-order valence-electron chi connectivity index (χ2n) is 7.48. The van der Waals surface area contributed by atoms with E-state index in [1.807, 2.05) is 49.4 Å². The Morgan fingerprint density at radius 1 is 1.16 bits per heavy atom. The van der Waals surface area contributed by atoms with Gasteiger partial charge in [0.25, 0.3) is 5.91 Å². The molecule has 0 fully saturated rings. The van der Waals surface area contributed by atoms with Crippen LogP contribution in [0.5, 0.6) is 5.75 Å². The number of nitrogens with zero attached hydrogens (tertiary/aromatic N) is 3. The molecular formula is C25H24ClN3O2S. The first-order chi connectivity index (χ1) is 15.6. The molecule has 4 aromatic rings. The van der Waals surface area contributed by atoms with Crippen LogP contribution in [0.25, 0.3) is 10.2 Å². The maximum absolute atomic E-state index is 13.7. The van der Waals surface area contributed by atoms with E-state index in [1.165, 1.54) is 11.3 Å². The minimum absolute atomic E-state index is 0.163. The highest BCUT2D eigenvalue weighted by Crippen LogP contribution is 2.36. The number of anilines is 1. The molecule has 0 N–H and O–H groups in total. The second kappa shape index (κ2) is 10.1. The molecular weight excluding hydrogens is 442 g/mol. The quantitative estimate of drug-likeness (QED) is 0.272. The Morgan fingerprint density at radius 3 is 2.78 bits per heavy atom. The summed E-state index contributed by atoms with van der Waals surface area (Å²) >= 11 is 7.84. The van der Waals surface area contributed by atoms with Crippen LogP contribution in [-0.2, 0) is 6.54 Å². The summed E-state index contributed by atoms with van der Waals surface area (Å²) in [5.74, 6) is 0.523. The predicted molar refractivity (Wildman–Crippen MR) is 131 cm³/mol. The maximum Gasteiger partial charge on any atom is 0.260 e. The van der Waals surface area contributed by atoms with Crippen molar-refractivity contribution >= 4 is 44.2 Å². The fourth-order valence-corrected chi connectivity index (χ4v) is 4.61. The number of halogens is 1. The number of ether oxygens (including phenoxy) is 1. The lowest BCUT2D eigenvalue weighted by atomic mass is 10.2. The van der Waals surface area contributed by atoms with E-state index in [1.54, 1.807) is 23.2 Å². The predicted octanol–water partition coefficient (Wildman–Crippen LogP) is 6.68. The number of rotatable bonds is 8. The number of unbranched alkanes of at least 4 members (excludes halogenated alkanes) is 1. The zero-order chi connectivity index (χ0) is 22.5. The Labute approximate surface area is 196 Å². The minimum atomic E-state index is -0.163. The number of pyridine rings is 1. The van der Waals surface area contributed by atoms with Gasteiger partial charge in [-0.3, -0.25) is 14.7 Å². The van der Waals surface area contributed by atoms with Crippen molar-refractivity contribution in [3.63, 3.8) is 0 Å². The Hall–Kier alpha value is -2.96. The molecule has 32 heavy (non-hydrogen) atoms. The Bertz CT molecular complexity index is 1190. The number of carbonyl (C=O) groups is 1. The van der Waals surface area contributed by atoms with Gasteiger partial charge in [0.2, 0.25) is 0 Å². The monoisotopic (exact) mass is 465 g/mol. The van der Waals surface area contributed by atoms with Crippen LogP contribution in [0.15, 0.2) is 60.8 Å². The van der Waals surface area contributed by atoms with Gasteiger partial charge in [-0.2, -0.15) is 0 Å². The second-order valence-corrected chi connectivity index (χ2v) is 8.87. The molecule has 2 aromatic heterocycles. The van der Waals surface area contributed by atoms with Crippen LogP contribution in [-0.4, -0.2) is 22.5 Å². The van der Waals surface area contributed by atoms with Crippen molar-refractivity contribution < 1.29 is 9.53 Å². The topological polar surface area (TPSA) is 55.3 Å². The van der Waals surface area contributed by atoms with Gasteiger partial charge in [-0.15, -0.1) is 0 Å². The SMILES string of the molecule is CCCCOc1cccc(C(=O)N(Cc2ccccn2)c2nc3c(C)ccc(Cl)c3s2)c1. The van der Waals surface area contributed by atoms with Crippen molar-refractivity contribution in [1.82, 2.24) is 9.97 Å². The van der Waals surface area contributed by atoms with E-state index < -0.39 is 0 Å². The molecule has 0 unspecified atom stereocenters. The van der Waals surface area contributed by atoms with Crippen molar-refractivity contribution in [3.8, 4) is 5.75 Å². The van der Waals surface area contributed by atoms with Crippen molar-refractivity contribution in [2.75, 3.05) is 11.5 Å². The fraction of sp³-hybridized carbons (Fsp3) is 0.240. The number of hydrogen-bond acceptors (Lipinski definition) is 5. The average Bonchev–Trinajstić information content (AvgIpc) is 3.27. The van der Waals surface area contributed by atoms with E-state index in [2.05, 4.69) is 11.9 Å². The van der Waals surface area contributed by atoms with E-state index >= 15 is 0 Å². The molecule has 0 bridgehead atoms. The zero-order valence-corrected chi connectivity index (χ0v) is 19.6. The molecule has 0 saturated heterocycles. The van der Waals surface area contributed by atoms with E-state index in [-0.39, 0.29) is 5.91 Å². The van der Waals surface area contributed by atoms with Crippen LogP contribution < -0.4 is 9.64 Å². The lowest BCUT2D eigenvalue weighted by Gasteiger charge is -2.20. The first-order valence-electron chi connectivity index (χ1n) is 10.6. The van der Waals surface area contributed by atoms with Crippen LogP contribution in [0.4, 0.5) is 5.13 Å². The summed E-state index contributed by atoms with van der Waals surface area (Å²) in [5.41, 5.74) is 3.15. The Morgan fingerprint density at radius 2 is 2.03 bits per heavy atom. The van der Waals surface area contributed by atoms with Crippen LogP contribution in [0.3, 0.4) is 0 Å². The molecule has 0 spiro atoms. The van der Waals surface area contributed by atoms with Gasteiger partial charge in [0.05, 0.1) is 34.1 Å². The highest BCUT2D eigenvalue weighted by Gasteiger charge is 2.23. The standard InChI is InChI=1S/C25H24ClN3O2S/c1-3-4-14-31-20-10-7-8-18(15-20)24(30)29(16-19-9-5-6-13-27-19)25-28-22-17(2)11-12-21(26)23(22)32-25/h5-13,15H,3-4,14,16H2,1-2H3. The molecule has 1 amide bonds. The van der Waals surface area contributed by atoms with Gasteiger partial charge >= 0.3 is 0 Å². The summed E-state index contributed by atoms with van der Waals surface area (Å²) in [6.07, 6.45) is 3.74. The number of thiazole rings is 1. The maximum atomic E-state index is 13.7. The van der Waals surface area contributed by atoms with Gasteiger partial charge in [-0.1, -0.05) is 54.5 Å².